The minimum Gasteiger partial charge on any atom is -0.489 e. The predicted molar refractivity (Wildman–Crippen MR) is 111 cm³/mol. The molecule has 0 spiro atoms. The van der Waals surface area contributed by atoms with Crippen LogP contribution in [0.5, 0.6) is 5.75 Å². The number of carbonyl (C=O) groups is 2. The second kappa shape index (κ2) is 7.04. The molecule has 3 unspecified atom stereocenters. The molecule has 31 heavy (non-hydrogen) atoms. The zero-order chi connectivity index (χ0) is 21.9. The van der Waals surface area contributed by atoms with E-state index in [4.69, 9.17) is 4.74 Å². The number of halogens is 2. The summed E-state index contributed by atoms with van der Waals surface area (Å²) >= 11 is 0. The van der Waals surface area contributed by atoms with Crippen LogP contribution >= 0.6 is 0 Å². The van der Waals surface area contributed by atoms with Gasteiger partial charge in [-0.2, -0.15) is 0 Å². The monoisotopic (exact) mass is 426 g/mol. The first-order chi connectivity index (χ1) is 14.8. The molecular formula is C24H24F2N2O3. The molecule has 0 radical (unpaired) electrons. The maximum atomic E-state index is 13.5. The molecular weight excluding hydrogens is 402 g/mol. The molecule has 1 heterocycles. The maximum Gasteiger partial charge on any atom is 0.254 e. The highest BCUT2D eigenvalue weighted by Crippen LogP contribution is 2.58. The van der Waals surface area contributed by atoms with Crippen LogP contribution < -0.4 is 15.4 Å². The third-order valence-electron chi connectivity index (χ3n) is 6.82. The molecule has 2 aromatic rings. The number of rotatable bonds is 4. The zero-order valence-corrected chi connectivity index (χ0v) is 17.3. The van der Waals surface area contributed by atoms with Gasteiger partial charge in [-0.3, -0.25) is 9.59 Å². The van der Waals surface area contributed by atoms with Gasteiger partial charge in [0.15, 0.2) is 0 Å². The molecule has 2 saturated carbocycles. The number of fused-ring (bicyclic) bond motifs is 2. The summed E-state index contributed by atoms with van der Waals surface area (Å²) in [4.78, 5) is 25.6. The van der Waals surface area contributed by atoms with Gasteiger partial charge in [-0.1, -0.05) is 30.3 Å². The molecule has 5 nitrogen and oxygen atoms in total. The fraction of sp³-hybridized carbons (Fsp3) is 0.417. The van der Waals surface area contributed by atoms with Crippen LogP contribution in [0.3, 0.4) is 0 Å². The van der Waals surface area contributed by atoms with Gasteiger partial charge in [0.1, 0.15) is 11.9 Å². The lowest BCUT2D eigenvalue weighted by Gasteiger charge is -2.16. The summed E-state index contributed by atoms with van der Waals surface area (Å²) < 4.78 is 33.0. The van der Waals surface area contributed by atoms with Crippen molar-refractivity contribution < 1.29 is 23.1 Å². The molecule has 1 aliphatic heterocycles. The van der Waals surface area contributed by atoms with Gasteiger partial charge in [-0.15, -0.1) is 0 Å². The van der Waals surface area contributed by atoms with Gasteiger partial charge in [0.05, 0.1) is 5.56 Å². The molecule has 2 N–H and O–H groups in total. The number of amides is 2. The van der Waals surface area contributed by atoms with E-state index in [-0.39, 0.29) is 54.6 Å². The Morgan fingerprint density at radius 2 is 1.74 bits per heavy atom. The summed E-state index contributed by atoms with van der Waals surface area (Å²) in [6.07, 6.45) is -0.542. The predicted octanol–water partition coefficient (Wildman–Crippen LogP) is 3.73. The standard InChI is InChI=1S/C24H24F2N2O3/c1-12-19(13-6-4-3-5-7-13)15-8-14(9-16(21(15)31-12)23(30)27-2)22(29)28-20-17-10-24(25,26)11-18(17)20/h3-9,12,17-20H,10-11H2,1-2H3,(H,27,30)(H,28,29)/t12?,17-,18+,19?,20?. The summed E-state index contributed by atoms with van der Waals surface area (Å²) in [5.74, 6) is -3.25. The highest BCUT2D eigenvalue weighted by atomic mass is 19.3. The van der Waals surface area contributed by atoms with Crippen molar-refractivity contribution in [1.29, 1.82) is 0 Å². The first kappa shape index (κ1) is 20.0. The molecule has 0 saturated heterocycles. The van der Waals surface area contributed by atoms with Crippen molar-refractivity contribution in [3.63, 3.8) is 0 Å². The Bertz CT molecular complexity index is 1040. The lowest BCUT2D eigenvalue weighted by atomic mass is 9.87. The van der Waals surface area contributed by atoms with Crippen LogP contribution in [-0.2, 0) is 0 Å². The topological polar surface area (TPSA) is 67.4 Å². The normalized spacial score (nSPS) is 29.5. The molecule has 0 aromatic heterocycles. The molecule has 0 bridgehead atoms. The number of alkyl halides is 2. The molecule has 7 heteroatoms. The number of carbonyl (C=O) groups excluding carboxylic acids is 2. The average Bonchev–Trinajstić information content (AvgIpc) is 3.08. The van der Waals surface area contributed by atoms with E-state index < -0.39 is 5.92 Å². The van der Waals surface area contributed by atoms with E-state index in [2.05, 4.69) is 10.6 Å². The van der Waals surface area contributed by atoms with Gasteiger partial charge < -0.3 is 15.4 Å². The first-order valence-electron chi connectivity index (χ1n) is 10.6. The van der Waals surface area contributed by atoms with E-state index in [9.17, 15) is 18.4 Å². The maximum absolute atomic E-state index is 13.5. The molecule has 5 rings (SSSR count). The van der Waals surface area contributed by atoms with Crippen molar-refractivity contribution >= 4 is 11.8 Å². The largest absolute Gasteiger partial charge is 0.489 e. The Hall–Kier alpha value is -2.96. The van der Waals surface area contributed by atoms with E-state index in [0.717, 1.165) is 11.1 Å². The molecule has 3 aliphatic rings. The minimum atomic E-state index is -2.62. The highest BCUT2D eigenvalue weighted by molar-refractivity contribution is 6.02. The van der Waals surface area contributed by atoms with Crippen LogP contribution in [0.1, 0.15) is 57.5 Å². The number of hydrogen-bond donors (Lipinski definition) is 2. The van der Waals surface area contributed by atoms with Gasteiger partial charge in [-0.05, 0) is 36.5 Å². The summed E-state index contributed by atoms with van der Waals surface area (Å²) in [5.41, 5.74) is 2.46. The quantitative estimate of drug-likeness (QED) is 0.783. The SMILES string of the molecule is CNC(=O)c1cc(C(=O)NC2[C@H]3CC(F)(F)C[C@@H]23)cc2c1OC(C)C2c1ccccc1. The Kier molecular flexibility index (Phi) is 4.53. The number of ether oxygens (including phenoxy) is 1. The number of benzene rings is 2. The molecule has 2 aromatic carbocycles. The van der Waals surface area contributed by atoms with Crippen LogP contribution in [0.4, 0.5) is 8.78 Å². The highest BCUT2D eigenvalue weighted by Gasteiger charge is 2.63. The Morgan fingerprint density at radius 1 is 1.06 bits per heavy atom. The van der Waals surface area contributed by atoms with Gasteiger partial charge >= 0.3 is 0 Å². The zero-order valence-electron chi connectivity index (χ0n) is 17.3. The van der Waals surface area contributed by atoms with Crippen LogP contribution in [0.15, 0.2) is 42.5 Å². The average molecular weight is 426 g/mol. The number of nitrogens with one attached hydrogen (secondary N) is 2. The summed E-state index contributed by atoms with van der Waals surface area (Å²) in [5, 5.41) is 5.51. The fourth-order valence-corrected chi connectivity index (χ4v) is 5.29. The molecule has 162 valence electrons. The summed E-state index contributed by atoms with van der Waals surface area (Å²) in [6.45, 7) is 1.94. The van der Waals surface area contributed by atoms with Crippen molar-refractivity contribution in [2.24, 2.45) is 11.8 Å². The second-order valence-electron chi connectivity index (χ2n) is 8.82. The molecule has 5 atom stereocenters. The van der Waals surface area contributed by atoms with Crippen molar-refractivity contribution in [2.75, 3.05) is 7.05 Å². The van der Waals surface area contributed by atoms with Gasteiger partial charge in [0, 0.05) is 43.0 Å². The first-order valence-corrected chi connectivity index (χ1v) is 10.6. The Morgan fingerprint density at radius 3 is 2.39 bits per heavy atom. The fourth-order valence-electron chi connectivity index (χ4n) is 5.29. The van der Waals surface area contributed by atoms with Crippen molar-refractivity contribution in [3.8, 4) is 5.75 Å². The van der Waals surface area contributed by atoms with E-state index >= 15 is 0 Å². The van der Waals surface area contributed by atoms with E-state index in [1.54, 1.807) is 6.07 Å². The van der Waals surface area contributed by atoms with E-state index in [0.29, 0.717) is 16.9 Å². The smallest absolute Gasteiger partial charge is 0.254 e. The van der Waals surface area contributed by atoms with E-state index in [1.807, 2.05) is 37.3 Å². The van der Waals surface area contributed by atoms with Crippen molar-refractivity contribution in [1.82, 2.24) is 10.6 Å². The van der Waals surface area contributed by atoms with Gasteiger partial charge in [0.2, 0.25) is 5.92 Å². The Labute approximate surface area is 179 Å². The molecule has 2 amide bonds. The summed E-state index contributed by atoms with van der Waals surface area (Å²) in [7, 11) is 1.53. The minimum absolute atomic E-state index is 0.119. The van der Waals surface area contributed by atoms with Crippen LogP contribution in [0.25, 0.3) is 0 Å². The molecule has 2 aliphatic carbocycles. The Balaban J connectivity index is 1.47. The van der Waals surface area contributed by atoms with Crippen molar-refractivity contribution in [2.45, 2.75) is 43.8 Å². The van der Waals surface area contributed by atoms with Gasteiger partial charge in [-0.25, -0.2) is 8.78 Å². The third-order valence-corrected chi connectivity index (χ3v) is 6.82. The summed E-state index contributed by atoms with van der Waals surface area (Å²) in [6, 6.07) is 12.9. The van der Waals surface area contributed by atoms with Gasteiger partial charge in [0.25, 0.3) is 11.8 Å². The number of hydrogen-bond acceptors (Lipinski definition) is 3. The van der Waals surface area contributed by atoms with Crippen LogP contribution in [0, 0.1) is 11.8 Å². The molecule has 2 fully saturated rings. The van der Waals surface area contributed by atoms with Crippen LogP contribution in [0.2, 0.25) is 0 Å². The lowest BCUT2D eigenvalue weighted by Crippen LogP contribution is -2.31. The van der Waals surface area contributed by atoms with Crippen molar-refractivity contribution in [3.05, 3.63) is 64.7 Å². The van der Waals surface area contributed by atoms with E-state index in [1.165, 1.54) is 13.1 Å². The lowest BCUT2D eigenvalue weighted by molar-refractivity contribution is -0.00623. The second-order valence-corrected chi connectivity index (χ2v) is 8.82. The van der Waals surface area contributed by atoms with Crippen LogP contribution in [-0.4, -0.2) is 36.9 Å². The third kappa shape index (κ3) is 3.36.